The highest BCUT2D eigenvalue weighted by molar-refractivity contribution is 7.99. The number of ether oxygens (including phenoxy) is 2. The molecule has 76 valence electrons. The summed E-state index contributed by atoms with van der Waals surface area (Å²) in [6, 6.07) is 0. The average Bonchev–Trinajstić information content (AvgIpc) is 2.01. The Kier molecular flexibility index (Phi) is 8.38. The summed E-state index contributed by atoms with van der Waals surface area (Å²) >= 11 is 11.3. The van der Waals surface area contributed by atoms with Crippen molar-refractivity contribution in [2.75, 3.05) is 24.7 Å². The normalized spacial score (nSPS) is 9.38. The second kappa shape index (κ2) is 8.47. The van der Waals surface area contributed by atoms with E-state index < -0.39 is 10.9 Å². The monoisotopic (exact) mass is 246 g/mol. The van der Waals surface area contributed by atoms with Crippen LogP contribution in [0.1, 0.15) is 0 Å². The first-order valence-corrected chi connectivity index (χ1v) is 5.26. The lowest BCUT2D eigenvalue weighted by atomic mass is 10.8. The molecule has 0 saturated heterocycles. The van der Waals surface area contributed by atoms with Crippen LogP contribution < -0.4 is 0 Å². The summed E-state index contributed by atoms with van der Waals surface area (Å²) in [5.74, 6) is 1.22. The zero-order chi connectivity index (χ0) is 10.1. The van der Waals surface area contributed by atoms with Gasteiger partial charge >= 0.3 is 10.9 Å². The Balaban J connectivity index is 3.00. The standard InChI is InChI=1S/C6H8Cl2O4S/c7-5(9)11-1-3-13-4-2-12-6(8)10/h1-4H2. The van der Waals surface area contributed by atoms with Crippen LogP contribution >= 0.6 is 35.0 Å². The van der Waals surface area contributed by atoms with Crippen molar-refractivity contribution in [3.8, 4) is 0 Å². The molecule has 0 heterocycles. The van der Waals surface area contributed by atoms with Gasteiger partial charge in [-0.3, -0.25) is 0 Å². The first kappa shape index (κ1) is 12.9. The van der Waals surface area contributed by atoms with E-state index in [0.717, 1.165) is 0 Å². The highest BCUT2D eigenvalue weighted by Gasteiger charge is 1.97. The molecule has 0 radical (unpaired) electrons. The summed E-state index contributed by atoms with van der Waals surface area (Å²) in [6.07, 6.45) is 0. The van der Waals surface area contributed by atoms with Crippen LogP contribution in [0, 0.1) is 0 Å². The summed E-state index contributed by atoms with van der Waals surface area (Å²) in [5.41, 5.74) is -1.62. The number of halogens is 2. The lowest BCUT2D eigenvalue weighted by Crippen LogP contribution is -2.03. The van der Waals surface area contributed by atoms with Gasteiger partial charge in [0.25, 0.3) is 0 Å². The molecule has 0 unspecified atom stereocenters. The van der Waals surface area contributed by atoms with Crippen molar-refractivity contribution in [2.24, 2.45) is 0 Å². The van der Waals surface area contributed by atoms with Crippen molar-refractivity contribution in [3.05, 3.63) is 0 Å². The maximum Gasteiger partial charge on any atom is 0.403 e. The summed E-state index contributed by atoms with van der Waals surface area (Å²) < 4.78 is 8.88. The smallest absolute Gasteiger partial charge is 0.403 e. The molecule has 0 aliphatic heterocycles. The van der Waals surface area contributed by atoms with Crippen molar-refractivity contribution in [3.63, 3.8) is 0 Å². The van der Waals surface area contributed by atoms with Gasteiger partial charge in [0, 0.05) is 34.7 Å². The van der Waals surface area contributed by atoms with Crippen LogP contribution in [0.3, 0.4) is 0 Å². The van der Waals surface area contributed by atoms with Gasteiger partial charge in [-0.25, -0.2) is 9.59 Å². The van der Waals surface area contributed by atoms with Gasteiger partial charge in [-0.1, -0.05) is 0 Å². The Morgan fingerprint density at radius 1 is 1.00 bits per heavy atom. The van der Waals surface area contributed by atoms with Crippen LogP contribution in [0.4, 0.5) is 9.59 Å². The molecule has 0 aromatic heterocycles. The van der Waals surface area contributed by atoms with Gasteiger partial charge in [-0.05, 0) is 0 Å². The van der Waals surface area contributed by atoms with Crippen LogP contribution in [0.2, 0.25) is 0 Å². The predicted molar refractivity (Wildman–Crippen MR) is 51.7 cm³/mol. The number of carbonyl (C=O) groups excluding carboxylic acids is 2. The fourth-order valence-electron chi connectivity index (χ4n) is 0.464. The molecule has 0 amide bonds. The highest BCUT2D eigenvalue weighted by Crippen LogP contribution is 2.01. The number of hydrogen-bond donors (Lipinski definition) is 0. The third-order valence-corrected chi connectivity index (χ3v) is 2.02. The van der Waals surface area contributed by atoms with Crippen LogP contribution in [-0.2, 0) is 9.47 Å². The Morgan fingerprint density at radius 2 is 1.38 bits per heavy atom. The Labute approximate surface area is 89.8 Å². The third-order valence-electron chi connectivity index (χ3n) is 0.886. The molecule has 0 fully saturated rings. The Hall–Kier alpha value is -0.130. The van der Waals surface area contributed by atoms with Crippen LogP contribution in [0.15, 0.2) is 0 Å². The van der Waals surface area contributed by atoms with Gasteiger partial charge in [0.2, 0.25) is 0 Å². The highest BCUT2D eigenvalue weighted by atomic mass is 35.5. The quantitative estimate of drug-likeness (QED) is 0.533. The minimum Gasteiger partial charge on any atom is -0.453 e. The first-order valence-electron chi connectivity index (χ1n) is 3.35. The summed E-state index contributed by atoms with van der Waals surface area (Å²) in [7, 11) is 0. The van der Waals surface area contributed by atoms with Crippen molar-refractivity contribution in [2.45, 2.75) is 0 Å². The van der Waals surface area contributed by atoms with Gasteiger partial charge in [-0.15, -0.1) is 0 Å². The molecule has 0 bridgehead atoms. The van der Waals surface area contributed by atoms with E-state index in [0.29, 0.717) is 11.5 Å². The molecule has 13 heavy (non-hydrogen) atoms. The van der Waals surface area contributed by atoms with Gasteiger partial charge in [0.15, 0.2) is 0 Å². The number of carbonyl (C=O) groups is 2. The molecule has 0 aliphatic carbocycles. The summed E-state index contributed by atoms with van der Waals surface area (Å²) in [4.78, 5) is 20.1. The fraction of sp³-hybridized carbons (Fsp3) is 0.667. The number of thioether (sulfide) groups is 1. The second-order valence-corrected chi connectivity index (χ2v) is 3.63. The largest absolute Gasteiger partial charge is 0.453 e. The maximum atomic E-state index is 10.1. The van der Waals surface area contributed by atoms with Crippen molar-refractivity contribution in [1.82, 2.24) is 0 Å². The van der Waals surface area contributed by atoms with Gasteiger partial charge in [0.1, 0.15) is 13.2 Å². The molecule has 0 atom stereocenters. The van der Waals surface area contributed by atoms with Crippen LogP contribution in [0.5, 0.6) is 0 Å². The van der Waals surface area contributed by atoms with Gasteiger partial charge < -0.3 is 9.47 Å². The number of rotatable bonds is 6. The van der Waals surface area contributed by atoms with E-state index in [2.05, 4.69) is 9.47 Å². The maximum absolute atomic E-state index is 10.1. The Morgan fingerprint density at radius 3 is 1.69 bits per heavy atom. The molecular weight excluding hydrogens is 239 g/mol. The van der Waals surface area contributed by atoms with Crippen molar-refractivity contribution < 1.29 is 19.1 Å². The predicted octanol–water partition coefficient (Wildman–Crippen LogP) is 2.47. The molecule has 0 aromatic carbocycles. The number of hydrogen-bond acceptors (Lipinski definition) is 5. The lowest BCUT2D eigenvalue weighted by molar-refractivity contribution is 0.180. The van der Waals surface area contributed by atoms with E-state index >= 15 is 0 Å². The second-order valence-electron chi connectivity index (χ2n) is 1.78. The third kappa shape index (κ3) is 11.9. The molecule has 7 heteroatoms. The van der Waals surface area contributed by atoms with E-state index in [1.165, 1.54) is 11.8 Å². The minimum absolute atomic E-state index is 0.252. The van der Waals surface area contributed by atoms with E-state index in [1.54, 1.807) is 0 Å². The topological polar surface area (TPSA) is 52.6 Å². The molecule has 0 spiro atoms. The van der Waals surface area contributed by atoms with Gasteiger partial charge in [-0.2, -0.15) is 11.8 Å². The zero-order valence-corrected chi connectivity index (χ0v) is 8.95. The Bertz CT molecular complexity index is 158. The molecule has 0 rings (SSSR count). The zero-order valence-electron chi connectivity index (χ0n) is 6.63. The van der Waals surface area contributed by atoms with Crippen LogP contribution in [0.25, 0.3) is 0 Å². The molecule has 0 N–H and O–H groups in total. The van der Waals surface area contributed by atoms with Crippen molar-refractivity contribution >= 4 is 45.8 Å². The SMILES string of the molecule is O=C(Cl)OCCSCCOC(=O)Cl. The van der Waals surface area contributed by atoms with E-state index in [4.69, 9.17) is 23.2 Å². The van der Waals surface area contributed by atoms with E-state index in [1.807, 2.05) is 0 Å². The van der Waals surface area contributed by atoms with Gasteiger partial charge in [0.05, 0.1) is 0 Å². The van der Waals surface area contributed by atoms with Crippen LogP contribution in [-0.4, -0.2) is 35.6 Å². The fourth-order valence-corrected chi connectivity index (χ4v) is 1.22. The molecule has 0 saturated carbocycles. The molecule has 0 aromatic rings. The van der Waals surface area contributed by atoms with E-state index in [9.17, 15) is 9.59 Å². The molecule has 0 aliphatic rings. The van der Waals surface area contributed by atoms with E-state index in [-0.39, 0.29) is 13.2 Å². The molecule has 4 nitrogen and oxygen atoms in total. The summed E-state index contributed by atoms with van der Waals surface area (Å²) in [6.45, 7) is 0.504. The summed E-state index contributed by atoms with van der Waals surface area (Å²) in [5, 5.41) is 0. The minimum atomic E-state index is -0.812. The van der Waals surface area contributed by atoms with Crippen molar-refractivity contribution in [1.29, 1.82) is 0 Å². The molecular formula is C6H8Cl2O4S. The lowest BCUT2D eigenvalue weighted by Gasteiger charge is -2.01. The average molecular weight is 247 g/mol. The first-order chi connectivity index (χ1) is 6.13.